The summed E-state index contributed by atoms with van der Waals surface area (Å²) in [6.07, 6.45) is 0.253. The van der Waals surface area contributed by atoms with Gasteiger partial charge >= 0.3 is 6.61 Å². The third-order valence-corrected chi connectivity index (χ3v) is 2.79. The first kappa shape index (κ1) is 17.4. The van der Waals surface area contributed by atoms with E-state index in [2.05, 4.69) is 20.4 Å². The maximum absolute atomic E-state index is 12.3. The van der Waals surface area contributed by atoms with Gasteiger partial charge in [-0.2, -0.15) is 8.78 Å². The van der Waals surface area contributed by atoms with Gasteiger partial charge in [0.2, 0.25) is 6.10 Å². The summed E-state index contributed by atoms with van der Waals surface area (Å²) in [5.41, 5.74) is 0.289. The van der Waals surface area contributed by atoms with Gasteiger partial charge in [-0.05, 0) is 26.0 Å². The molecule has 1 heterocycles. The Hall–Kier alpha value is -2.97. The van der Waals surface area contributed by atoms with E-state index in [0.29, 0.717) is 5.76 Å². The molecule has 1 N–H and O–H groups in total. The number of nitrogens with one attached hydrogen (secondary N) is 1. The van der Waals surface area contributed by atoms with Crippen LogP contribution >= 0.6 is 0 Å². The third kappa shape index (κ3) is 5.04. The van der Waals surface area contributed by atoms with Gasteiger partial charge in [-0.15, -0.1) is 0 Å². The molecule has 0 saturated heterocycles. The summed E-state index contributed by atoms with van der Waals surface area (Å²) in [7, 11) is 0. The number of rotatable bonds is 7. The molecule has 1 aromatic heterocycles. The second-order valence-electron chi connectivity index (χ2n) is 4.71. The van der Waals surface area contributed by atoms with E-state index >= 15 is 0 Å². The van der Waals surface area contributed by atoms with Crippen molar-refractivity contribution in [1.82, 2.24) is 5.16 Å². The van der Waals surface area contributed by atoms with Crippen LogP contribution in [0.15, 0.2) is 40.0 Å². The lowest BCUT2D eigenvalue weighted by atomic mass is 10.2. The molecule has 0 aliphatic carbocycles. The number of alkyl halides is 2. The van der Waals surface area contributed by atoms with Gasteiger partial charge in [0, 0.05) is 11.6 Å². The number of aryl methyl sites for hydroxylation is 1. The van der Waals surface area contributed by atoms with Crippen molar-refractivity contribution in [2.24, 2.45) is 5.16 Å². The first-order valence-corrected chi connectivity index (χ1v) is 6.93. The van der Waals surface area contributed by atoms with Crippen LogP contribution in [0.5, 0.6) is 5.75 Å². The summed E-state index contributed by atoms with van der Waals surface area (Å²) >= 11 is 0. The molecule has 24 heavy (non-hydrogen) atoms. The second-order valence-corrected chi connectivity index (χ2v) is 4.71. The molecule has 7 nitrogen and oxygen atoms in total. The monoisotopic (exact) mass is 339 g/mol. The molecule has 0 radical (unpaired) electrons. The number of oxime groups is 1. The Bertz CT molecular complexity index is 718. The van der Waals surface area contributed by atoms with Crippen LogP contribution in [0.4, 0.5) is 14.6 Å². The van der Waals surface area contributed by atoms with Crippen LogP contribution in [-0.4, -0.2) is 30.0 Å². The molecule has 128 valence electrons. The lowest BCUT2D eigenvalue weighted by Crippen LogP contribution is -2.26. The van der Waals surface area contributed by atoms with E-state index in [4.69, 9.17) is 9.36 Å². The quantitative estimate of drug-likeness (QED) is 0.619. The van der Waals surface area contributed by atoms with E-state index in [1.807, 2.05) is 0 Å². The number of nitrogens with zero attached hydrogens (tertiary/aromatic N) is 2. The molecule has 1 amide bonds. The Morgan fingerprint density at radius 2 is 2.17 bits per heavy atom. The molecule has 0 spiro atoms. The van der Waals surface area contributed by atoms with Gasteiger partial charge in [0.1, 0.15) is 11.5 Å². The normalized spacial score (nSPS) is 12.4. The number of hydrogen-bond acceptors (Lipinski definition) is 6. The van der Waals surface area contributed by atoms with Gasteiger partial charge in [0.15, 0.2) is 5.82 Å². The van der Waals surface area contributed by atoms with Crippen molar-refractivity contribution >= 4 is 17.9 Å². The van der Waals surface area contributed by atoms with E-state index in [0.717, 1.165) is 0 Å². The molecule has 0 aliphatic heterocycles. The number of carbonyl (C=O) groups excluding carboxylic acids is 1. The second kappa shape index (κ2) is 8.04. The van der Waals surface area contributed by atoms with Gasteiger partial charge in [-0.1, -0.05) is 22.4 Å². The number of halogens is 2. The highest BCUT2D eigenvalue weighted by molar-refractivity contribution is 5.93. The zero-order valence-electron chi connectivity index (χ0n) is 12.9. The van der Waals surface area contributed by atoms with Gasteiger partial charge in [-0.3, -0.25) is 4.79 Å². The lowest BCUT2D eigenvalue weighted by Gasteiger charge is -2.09. The van der Waals surface area contributed by atoms with E-state index in [1.54, 1.807) is 25.1 Å². The number of ether oxygens (including phenoxy) is 1. The van der Waals surface area contributed by atoms with Gasteiger partial charge < -0.3 is 19.4 Å². The minimum atomic E-state index is -2.95. The molecule has 1 atom stereocenters. The molecular weight excluding hydrogens is 324 g/mol. The fourth-order valence-electron chi connectivity index (χ4n) is 1.67. The highest BCUT2D eigenvalue weighted by atomic mass is 19.3. The molecule has 0 fully saturated rings. The zero-order valence-corrected chi connectivity index (χ0v) is 12.9. The van der Waals surface area contributed by atoms with Crippen molar-refractivity contribution in [1.29, 1.82) is 0 Å². The molecular formula is C15H15F2N3O4. The lowest BCUT2D eigenvalue weighted by molar-refractivity contribution is -0.126. The van der Waals surface area contributed by atoms with Crippen LogP contribution in [0.3, 0.4) is 0 Å². The average Bonchev–Trinajstić information content (AvgIpc) is 2.93. The SMILES string of the molecule is Cc1cc(NC(=O)C(C)O/N=C/c2ccccc2OC(F)F)no1. The van der Waals surface area contributed by atoms with E-state index in [-0.39, 0.29) is 17.1 Å². The largest absolute Gasteiger partial charge is 0.434 e. The molecule has 2 rings (SSSR count). The number of anilines is 1. The van der Waals surface area contributed by atoms with Crippen LogP contribution < -0.4 is 10.1 Å². The zero-order chi connectivity index (χ0) is 17.5. The predicted molar refractivity (Wildman–Crippen MR) is 81.1 cm³/mol. The molecule has 0 bridgehead atoms. The standard InChI is InChI=1S/C15H15F2N3O4/c1-9-7-13(20-23-9)19-14(21)10(2)24-18-8-11-5-3-4-6-12(11)22-15(16)17/h3-8,10,15H,1-2H3,(H,19,20,21)/b18-8+. The van der Waals surface area contributed by atoms with Crippen molar-refractivity contribution in [3.8, 4) is 5.75 Å². The Labute approximate surface area is 136 Å². The Morgan fingerprint density at radius 1 is 1.42 bits per heavy atom. The Balaban J connectivity index is 1.92. The highest BCUT2D eigenvalue weighted by Crippen LogP contribution is 2.18. The van der Waals surface area contributed by atoms with E-state index in [9.17, 15) is 13.6 Å². The minimum absolute atomic E-state index is 0.0463. The van der Waals surface area contributed by atoms with Crippen molar-refractivity contribution in [3.05, 3.63) is 41.7 Å². The first-order valence-electron chi connectivity index (χ1n) is 6.93. The van der Waals surface area contributed by atoms with Crippen molar-refractivity contribution < 1.29 is 27.7 Å². The first-order chi connectivity index (χ1) is 11.5. The Kier molecular flexibility index (Phi) is 5.83. The molecule has 1 unspecified atom stereocenters. The number of aromatic nitrogens is 1. The number of para-hydroxylation sites is 1. The van der Waals surface area contributed by atoms with Crippen LogP contribution in [-0.2, 0) is 9.63 Å². The smallest absolute Gasteiger partial charge is 0.387 e. The van der Waals surface area contributed by atoms with Crippen molar-refractivity contribution in [2.45, 2.75) is 26.6 Å². The Morgan fingerprint density at radius 3 is 2.83 bits per heavy atom. The number of hydrogen-bond donors (Lipinski definition) is 1. The predicted octanol–water partition coefficient (Wildman–Crippen LogP) is 2.96. The van der Waals surface area contributed by atoms with Crippen LogP contribution in [0.1, 0.15) is 18.2 Å². The molecule has 0 saturated carbocycles. The molecule has 2 aromatic rings. The van der Waals surface area contributed by atoms with Crippen LogP contribution in [0.2, 0.25) is 0 Å². The summed E-state index contributed by atoms with van der Waals surface area (Å²) in [6, 6.07) is 7.62. The number of benzene rings is 1. The fourth-order valence-corrected chi connectivity index (χ4v) is 1.67. The van der Waals surface area contributed by atoms with E-state index < -0.39 is 18.6 Å². The number of carbonyl (C=O) groups is 1. The average molecular weight is 339 g/mol. The topological polar surface area (TPSA) is 86.0 Å². The molecule has 9 heteroatoms. The fraction of sp³-hybridized carbons (Fsp3) is 0.267. The number of amides is 1. The van der Waals surface area contributed by atoms with Crippen LogP contribution in [0.25, 0.3) is 0 Å². The third-order valence-electron chi connectivity index (χ3n) is 2.79. The van der Waals surface area contributed by atoms with Crippen LogP contribution in [0, 0.1) is 6.92 Å². The summed E-state index contributed by atoms with van der Waals surface area (Å²) < 4.78 is 33.8. The summed E-state index contributed by atoms with van der Waals surface area (Å²) in [5.74, 6) is 0.271. The summed E-state index contributed by atoms with van der Waals surface area (Å²) in [4.78, 5) is 16.9. The minimum Gasteiger partial charge on any atom is -0.434 e. The molecule has 0 aliphatic rings. The summed E-state index contributed by atoms with van der Waals surface area (Å²) in [6.45, 7) is 0.212. The summed E-state index contributed by atoms with van der Waals surface area (Å²) in [5, 5.41) is 9.72. The maximum atomic E-state index is 12.3. The van der Waals surface area contributed by atoms with Gasteiger partial charge in [0.25, 0.3) is 5.91 Å². The highest BCUT2D eigenvalue weighted by Gasteiger charge is 2.16. The van der Waals surface area contributed by atoms with Crippen molar-refractivity contribution in [2.75, 3.05) is 5.32 Å². The van der Waals surface area contributed by atoms with Crippen molar-refractivity contribution in [3.63, 3.8) is 0 Å². The maximum Gasteiger partial charge on any atom is 0.387 e. The molecule has 1 aromatic carbocycles. The van der Waals surface area contributed by atoms with E-state index in [1.165, 1.54) is 25.3 Å². The van der Waals surface area contributed by atoms with Gasteiger partial charge in [-0.25, -0.2) is 0 Å². The van der Waals surface area contributed by atoms with Gasteiger partial charge in [0.05, 0.1) is 6.21 Å².